The molecule has 1 N–H and O–H groups in total. The molecule has 1 fully saturated rings. The Morgan fingerprint density at radius 3 is 2.93 bits per heavy atom. The van der Waals surface area contributed by atoms with Gasteiger partial charge in [-0.2, -0.15) is 0 Å². The van der Waals surface area contributed by atoms with Gasteiger partial charge in [0.2, 0.25) is 0 Å². The Morgan fingerprint density at radius 2 is 2.43 bits per heavy atom. The van der Waals surface area contributed by atoms with E-state index < -0.39 is 0 Å². The van der Waals surface area contributed by atoms with E-state index in [1.54, 1.807) is 11.0 Å². The van der Waals surface area contributed by atoms with Crippen molar-refractivity contribution in [1.82, 2.24) is 10.2 Å². The molecule has 1 heterocycles. The highest BCUT2D eigenvalue weighted by molar-refractivity contribution is 7.80. The minimum absolute atomic E-state index is 0.0237. The van der Waals surface area contributed by atoms with Crippen LogP contribution in [0.2, 0.25) is 0 Å². The lowest BCUT2D eigenvalue weighted by Crippen LogP contribution is -2.37. The lowest BCUT2D eigenvalue weighted by atomic mass is 10.1. The van der Waals surface area contributed by atoms with E-state index in [1.165, 1.54) is 0 Å². The van der Waals surface area contributed by atoms with E-state index in [4.69, 9.17) is 12.2 Å². The van der Waals surface area contributed by atoms with Gasteiger partial charge in [-0.1, -0.05) is 19.4 Å². The van der Waals surface area contributed by atoms with Gasteiger partial charge < -0.3 is 5.32 Å². The highest BCUT2D eigenvalue weighted by atomic mass is 32.1. The summed E-state index contributed by atoms with van der Waals surface area (Å²) in [5, 5.41) is 3.56. The first-order chi connectivity index (χ1) is 6.61. The maximum absolute atomic E-state index is 11.8. The Kier molecular flexibility index (Phi) is 3.63. The van der Waals surface area contributed by atoms with Crippen molar-refractivity contribution in [3.05, 3.63) is 12.7 Å². The standard InChI is InChI=1S/C10H16N2OS/c1-4-6-8-9(13)12(7(3)5-2)10(14)11-8/h5,7-8H,2,4,6H2,1,3H3,(H,11,14)/t7?,8-/m1/s1. The van der Waals surface area contributed by atoms with Crippen LogP contribution in [0.15, 0.2) is 12.7 Å². The number of thiocarbonyl (C=S) groups is 1. The summed E-state index contributed by atoms with van der Waals surface area (Å²) >= 11 is 5.10. The topological polar surface area (TPSA) is 32.3 Å². The van der Waals surface area contributed by atoms with Gasteiger partial charge >= 0.3 is 0 Å². The molecule has 0 aromatic carbocycles. The molecule has 78 valence electrons. The molecule has 1 amide bonds. The molecule has 2 atom stereocenters. The number of rotatable bonds is 4. The van der Waals surface area contributed by atoms with Crippen LogP contribution >= 0.6 is 12.2 Å². The maximum Gasteiger partial charge on any atom is 0.251 e. The molecule has 1 saturated heterocycles. The molecule has 0 aromatic heterocycles. The van der Waals surface area contributed by atoms with Gasteiger partial charge in [-0.05, 0) is 25.6 Å². The second-order valence-electron chi connectivity index (χ2n) is 3.48. The van der Waals surface area contributed by atoms with E-state index >= 15 is 0 Å². The van der Waals surface area contributed by atoms with Crippen LogP contribution in [0.1, 0.15) is 26.7 Å². The Balaban J connectivity index is 2.74. The van der Waals surface area contributed by atoms with Crippen molar-refractivity contribution in [2.75, 3.05) is 0 Å². The average molecular weight is 212 g/mol. The van der Waals surface area contributed by atoms with Gasteiger partial charge in [0.1, 0.15) is 6.04 Å². The zero-order valence-corrected chi connectivity index (χ0v) is 9.43. The first-order valence-electron chi connectivity index (χ1n) is 4.88. The molecule has 0 bridgehead atoms. The third kappa shape index (κ3) is 1.95. The van der Waals surface area contributed by atoms with Crippen molar-refractivity contribution in [1.29, 1.82) is 0 Å². The fraction of sp³-hybridized carbons (Fsp3) is 0.600. The smallest absolute Gasteiger partial charge is 0.251 e. The average Bonchev–Trinajstić information content (AvgIpc) is 2.42. The molecule has 0 saturated carbocycles. The minimum atomic E-state index is -0.130. The fourth-order valence-corrected chi connectivity index (χ4v) is 1.92. The highest BCUT2D eigenvalue weighted by Crippen LogP contribution is 2.14. The molecule has 3 nitrogen and oxygen atoms in total. The number of carbonyl (C=O) groups is 1. The van der Waals surface area contributed by atoms with Crippen LogP contribution in [-0.2, 0) is 4.79 Å². The SMILES string of the molecule is C=CC(C)N1C(=O)[C@@H](CCC)NC1=S. The van der Waals surface area contributed by atoms with E-state index in [1.807, 2.05) is 6.92 Å². The zero-order chi connectivity index (χ0) is 10.7. The van der Waals surface area contributed by atoms with Crippen molar-refractivity contribution in [2.45, 2.75) is 38.8 Å². The van der Waals surface area contributed by atoms with Gasteiger partial charge in [-0.15, -0.1) is 6.58 Å². The van der Waals surface area contributed by atoms with Crippen molar-refractivity contribution < 1.29 is 4.79 Å². The largest absolute Gasteiger partial charge is 0.350 e. The van der Waals surface area contributed by atoms with Gasteiger partial charge in [0.15, 0.2) is 5.11 Å². The number of hydrogen-bond acceptors (Lipinski definition) is 2. The summed E-state index contributed by atoms with van der Waals surface area (Å²) in [7, 11) is 0. The molecule has 1 aliphatic rings. The van der Waals surface area contributed by atoms with Gasteiger partial charge in [-0.3, -0.25) is 9.69 Å². The van der Waals surface area contributed by atoms with Crippen LogP contribution in [-0.4, -0.2) is 28.0 Å². The number of hydrogen-bond donors (Lipinski definition) is 1. The molecule has 14 heavy (non-hydrogen) atoms. The minimum Gasteiger partial charge on any atom is -0.350 e. The maximum atomic E-state index is 11.8. The molecule has 0 radical (unpaired) electrons. The molecule has 4 heteroatoms. The number of nitrogens with zero attached hydrogens (tertiary/aromatic N) is 1. The van der Waals surface area contributed by atoms with Crippen LogP contribution < -0.4 is 5.32 Å². The predicted molar refractivity (Wildman–Crippen MR) is 60.9 cm³/mol. The monoisotopic (exact) mass is 212 g/mol. The summed E-state index contributed by atoms with van der Waals surface area (Å²) in [5.74, 6) is 0.0734. The first kappa shape index (κ1) is 11.2. The number of amides is 1. The number of nitrogens with one attached hydrogen (secondary N) is 1. The molecule has 1 rings (SSSR count). The second kappa shape index (κ2) is 4.55. The van der Waals surface area contributed by atoms with Gasteiger partial charge in [0.05, 0.1) is 6.04 Å². The zero-order valence-electron chi connectivity index (χ0n) is 8.62. The van der Waals surface area contributed by atoms with Crippen LogP contribution in [0.3, 0.4) is 0 Å². The summed E-state index contributed by atoms with van der Waals surface area (Å²) < 4.78 is 0. The Hall–Kier alpha value is -0.900. The summed E-state index contributed by atoms with van der Waals surface area (Å²) in [5.41, 5.74) is 0. The fourth-order valence-electron chi connectivity index (χ4n) is 1.52. The first-order valence-corrected chi connectivity index (χ1v) is 5.28. The van der Waals surface area contributed by atoms with Crippen LogP contribution in [0.4, 0.5) is 0 Å². The molecule has 0 spiro atoms. The Bertz CT molecular complexity index is 265. The van der Waals surface area contributed by atoms with E-state index in [-0.39, 0.29) is 18.0 Å². The Labute approximate surface area is 90.2 Å². The summed E-state index contributed by atoms with van der Waals surface area (Å²) in [6.45, 7) is 7.63. The predicted octanol–water partition coefficient (Wildman–Crippen LogP) is 1.45. The van der Waals surface area contributed by atoms with Gasteiger partial charge in [0.25, 0.3) is 5.91 Å². The third-order valence-electron chi connectivity index (χ3n) is 2.38. The van der Waals surface area contributed by atoms with Crippen LogP contribution in [0.5, 0.6) is 0 Å². The lowest BCUT2D eigenvalue weighted by Gasteiger charge is -2.19. The van der Waals surface area contributed by atoms with E-state index in [2.05, 4.69) is 18.8 Å². The molecule has 0 aliphatic carbocycles. The van der Waals surface area contributed by atoms with E-state index in [9.17, 15) is 4.79 Å². The molecule has 1 aliphatic heterocycles. The lowest BCUT2D eigenvalue weighted by molar-refractivity contribution is -0.127. The summed E-state index contributed by atoms with van der Waals surface area (Å²) in [6.07, 6.45) is 3.53. The molecular formula is C10H16N2OS. The summed E-state index contributed by atoms with van der Waals surface area (Å²) in [4.78, 5) is 13.4. The van der Waals surface area contributed by atoms with Gasteiger partial charge in [-0.25, -0.2) is 0 Å². The Morgan fingerprint density at radius 1 is 1.79 bits per heavy atom. The van der Waals surface area contributed by atoms with E-state index in [0.29, 0.717) is 5.11 Å². The van der Waals surface area contributed by atoms with Crippen molar-refractivity contribution in [2.24, 2.45) is 0 Å². The van der Waals surface area contributed by atoms with Gasteiger partial charge in [0, 0.05) is 0 Å². The van der Waals surface area contributed by atoms with Crippen molar-refractivity contribution >= 4 is 23.2 Å². The van der Waals surface area contributed by atoms with Crippen molar-refractivity contribution in [3.63, 3.8) is 0 Å². The normalized spacial score (nSPS) is 23.6. The molecule has 0 aromatic rings. The van der Waals surface area contributed by atoms with Crippen molar-refractivity contribution in [3.8, 4) is 0 Å². The van der Waals surface area contributed by atoms with Crippen LogP contribution in [0.25, 0.3) is 0 Å². The highest BCUT2D eigenvalue weighted by Gasteiger charge is 2.36. The summed E-state index contributed by atoms with van der Waals surface area (Å²) in [6, 6.07) is -0.153. The van der Waals surface area contributed by atoms with E-state index in [0.717, 1.165) is 12.8 Å². The molecular weight excluding hydrogens is 196 g/mol. The second-order valence-corrected chi connectivity index (χ2v) is 3.86. The quantitative estimate of drug-likeness (QED) is 0.565. The van der Waals surface area contributed by atoms with Crippen LogP contribution in [0, 0.1) is 0 Å². The third-order valence-corrected chi connectivity index (χ3v) is 2.69. The molecule has 1 unspecified atom stereocenters. The number of carbonyl (C=O) groups excluding carboxylic acids is 1.